The van der Waals surface area contributed by atoms with Crippen molar-refractivity contribution in [3.8, 4) is 5.75 Å². The highest BCUT2D eigenvalue weighted by Gasteiger charge is 2.23. The quantitative estimate of drug-likeness (QED) is 0.844. The molecule has 1 aliphatic heterocycles. The van der Waals surface area contributed by atoms with Crippen LogP contribution in [0.1, 0.15) is 30.4 Å². The van der Waals surface area contributed by atoms with Gasteiger partial charge in [-0.3, -0.25) is 0 Å². The Kier molecular flexibility index (Phi) is 2.39. The van der Waals surface area contributed by atoms with Gasteiger partial charge in [-0.2, -0.15) is 0 Å². The average molecular weight is 228 g/mol. The predicted molar refractivity (Wildman–Crippen MR) is 68.3 cm³/mol. The molecule has 1 aromatic rings. The highest BCUT2D eigenvalue weighted by atomic mass is 16.5. The van der Waals surface area contributed by atoms with Crippen LogP contribution in [0.5, 0.6) is 5.75 Å². The van der Waals surface area contributed by atoms with Crippen molar-refractivity contribution in [1.29, 1.82) is 0 Å². The van der Waals surface area contributed by atoms with Gasteiger partial charge in [0.2, 0.25) is 0 Å². The molecule has 1 aliphatic carbocycles. The fourth-order valence-electron chi connectivity index (χ4n) is 2.27. The summed E-state index contributed by atoms with van der Waals surface area (Å²) in [5.41, 5.74) is 8.93. The Balaban J connectivity index is 1.98. The lowest BCUT2D eigenvalue weighted by Gasteiger charge is -2.28. The maximum Gasteiger partial charge on any atom is 0.134 e. The Bertz CT molecular complexity index is 501. The fraction of sp³-hybridized carbons (Fsp3) is 0.357. The minimum absolute atomic E-state index is 0.361. The first kappa shape index (κ1) is 10.4. The van der Waals surface area contributed by atoms with Gasteiger partial charge in [-0.25, -0.2) is 4.99 Å². The molecule has 3 heteroatoms. The van der Waals surface area contributed by atoms with Crippen LogP contribution in [0.15, 0.2) is 35.5 Å². The first-order chi connectivity index (χ1) is 8.24. The number of amidine groups is 1. The second kappa shape index (κ2) is 3.91. The zero-order valence-electron chi connectivity index (χ0n) is 9.78. The highest BCUT2D eigenvalue weighted by Crippen LogP contribution is 2.32. The third-order valence-corrected chi connectivity index (χ3v) is 3.39. The number of fused-ring (bicyclic) bond motifs is 1. The number of benzene rings is 1. The molecule has 17 heavy (non-hydrogen) atoms. The van der Waals surface area contributed by atoms with Crippen molar-refractivity contribution in [2.75, 3.05) is 0 Å². The summed E-state index contributed by atoms with van der Waals surface area (Å²) in [4.78, 5) is 4.26. The van der Waals surface area contributed by atoms with E-state index in [0.29, 0.717) is 11.9 Å². The van der Waals surface area contributed by atoms with E-state index in [9.17, 15) is 0 Å². The molecule has 1 fully saturated rings. The van der Waals surface area contributed by atoms with E-state index in [-0.39, 0.29) is 0 Å². The zero-order chi connectivity index (χ0) is 11.8. The lowest BCUT2D eigenvalue weighted by molar-refractivity contribution is 0.120. The summed E-state index contributed by atoms with van der Waals surface area (Å²) in [5.74, 6) is 1.41. The molecule has 1 heterocycles. The van der Waals surface area contributed by atoms with Crippen LogP contribution in [0.3, 0.4) is 0 Å². The number of hydrogen-bond donors (Lipinski definition) is 1. The molecular weight excluding hydrogens is 212 g/mol. The highest BCUT2D eigenvalue weighted by molar-refractivity contribution is 6.03. The maximum atomic E-state index is 5.98. The normalized spacial score (nSPS) is 19.3. The van der Waals surface area contributed by atoms with Crippen LogP contribution in [-0.4, -0.2) is 11.9 Å². The largest absolute Gasteiger partial charge is 0.490 e. The van der Waals surface area contributed by atoms with Gasteiger partial charge < -0.3 is 10.5 Å². The average Bonchev–Trinajstić information content (AvgIpc) is 2.22. The second-order valence-electron chi connectivity index (χ2n) is 4.70. The van der Waals surface area contributed by atoms with Crippen molar-refractivity contribution in [3.63, 3.8) is 0 Å². The van der Waals surface area contributed by atoms with Gasteiger partial charge in [-0.15, -0.1) is 0 Å². The molecule has 0 saturated heterocycles. The maximum absolute atomic E-state index is 5.98. The van der Waals surface area contributed by atoms with Gasteiger partial charge in [0.25, 0.3) is 0 Å². The molecular formula is C14H16N2O. The van der Waals surface area contributed by atoms with Gasteiger partial charge in [-0.05, 0) is 30.9 Å². The van der Waals surface area contributed by atoms with E-state index in [1.807, 2.05) is 12.1 Å². The Morgan fingerprint density at radius 2 is 2.18 bits per heavy atom. The lowest BCUT2D eigenvalue weighted by atomic mass is 9.95. The minimum Gasteiger partial charge on any atom is -0.490 e. The van der Waals surface area contributed by atoms with Crippen molar-refractivity contribution in [2.45, 2.75) is 31.8 Å². The van der Waals surface area contributed by atoms with E-state index in [2.05, 4.69) is 17.6 Å². The summed E-state index contributed by atoms with van der Waals surface area (Å²) in [5, 5.41) is 0. The smallest absolute Gasteiger partial charge is 0.134 e. The van der Waals surface area contributed by atoms with E-state index in [0.717, 1.165) is 36.3 Å². The fourth-order valence-corrected chi connectivity index (χ4v) is 2.27. The molecule has 0 atom stereocenters. The topological polar surface area (TPSA) is 47.6 Å². The molecule has 2 aliphatic rings. The van der Waals surface area contributed by atoms with E-state index < -0.39 is 0 Å². The van der Waals surface area contributed by atoms with E-state index in [4.69, 9.17) is 10.5 Å². The zero-order valence-corrected chi connectivity index (χ0v) is 9.78. The Labute approximate surface area is 101 Å². The molecule has 1 saturated carbocycles. The number of ether oxygens (including phenoxy) is 1. The van der Waals surface area contributed by atoms with Gasteiger partial charge in [0.05, 0.1) is 11.7 Å². The van der Waals surface area contributed by atoms with Gasteiger partial charge in [-0.1, -0.05) is 18.7 Å². The number of nitrogens with two attached hydrogens (primary N) is 1. The van der Waals surface area contributed by atoms with E-state index >= 15 is 0 Å². The first-order valence-electron chi connectivity index (χ1n) is 6.05. The van der Waals surface area contributed by atoms with Crippen molar-refractivity contribution in [1.82, 2.24) is 0 Å². The number of rotatable bonds is 2. The monoisotopic (exact) mass is 228 g/mol. The SMILES string of the molecule is C=C1Cc2cccc(OC3CCC3)c2C(N)=N1. The van der Waals surface area contributed by atoms with E-state index in [1.165, 1.54) is 12.0 Å². The number of hydrogen-bond acceptors (Lipinski definition) is 3. The Morgan fingerprint density at radius 1 is 1.35 bits per heavy atom. The molecule has 0 unspecified atom stereocenters. The lowest BCUT2D eigenvalue weighted by Crippen LogP contribution is -2.27. The first-order valence-corrected chi connectivity index (χ1v) is 6.05. The van der Waals surface area contributed by atoms with Crippen LogP contribution < -0.4 is 10.5 Å². The van der Waals surface area contributed by atoms with Crippen molar-refractivity contribution in [3.05, 3.63) is 41.6 Å². The molecule has 88 valence electrons. The molecule has 1 aromatic carbocycles. The standard InChI is InChI=1S/C14H16N2O/c1-9-8-10-4-2-7-12(13(10)14(15)16-9)17-11-5-3-6-11/h2,4,7,11H,1,3,5-6,8H2,(H2,15,16). The molecule has 0 amide bonds. The van der Waals surface area contributed by atoms with Crippen molar-refractivity contribution in [2.24, 2.45) is 10.7 Å². The summed E-state index contributed by atoms with van der Waals surface area (Å²) >= 11 is 0. The molecule has 0 radical (unpaired) electrons. The molecule has 3 rings (SSSR count). The van der Waals surface area contributed by atoms with Gasteiger partial charge in [0.15, 0.2) is 0 Å². The summed E-state index contributed by atoms with van der Waals surface area (Å²) in [7, 11) is 0. The van der Waals surface area contributed by atoms with Crippen LogP contribution in [0.2, 0.25) is 0 Å². The van der Waals surface area contributed by atoms with Gasteiger partial charge in [0.1, 0.15) is 11.6 Å². The van der Waals surface area contributed by atoms with E-state index in [1.54, 1.807) is 0 Å². The van der Waals surface area contributed by atoms with Gasteiger partial charge in [0, 0.05) is 12.1 Å². The van der Waals surface area contributed by atoms with Crippen LogP contribution in [0.25, 0.3) is 0 Å². The van der Waals surface area contributed by atoms with Gasteiger partial charge >= 0.3 is 0 Å². The Hall–Kier alpha value is -1.77. The Morgan fingerprint density at radius 3 is 2.88 bits per heavy atom. The summed E-state index contributed by atoms with van der Waals surface area (Å²) in [6, 6.07) is 6.06. The summed E-state index contributed by atoms with van der Waals surface area (Å²) < 4.78 is 5.96. The third-order valence-electron chi connectivity index (χ3n) is 3.39. The van der Waals surface area contributed by atoms with Crippen molar-refractivity contribution < 1.29 is 4.74 Å². The second-order valence-corrected chi connectivity index (χ2v) is 4.70. The van der Waals surface area contributed by atoms with Crippen LogP contribution in [-0.2, 0) is 6.42 Å². The number of nitrogens with zero attached hydrogens (tertiary/aromatic N) is 1. The molecule has 3 nitrogen and oxygen atoms in total. The molecule has 0 aromatic heterocycles. The summed E-state index contributed by atoms with van der Waals surface area (Å²) in [6.07, 6.45) is 4.68. The number of allylic oxidation sites excluding steroid dienone is 1. The molecule has 0 spiro atoms. The predicted octanol–water partition coefficient (Wildman–Crippen LogP) is 2.39. The minimum atomic E-state index is 0.361. The van der Waals surface area contributed by atoms with Crippen LogP contribution >= 0.6 is 0 Å². The summed E-state index contributed by atoms with van der Waals surface area (Å²) in [6.45, 7) is 3.87. The van der Waals surface area contributed by atoms with Crippen LogP contribution in [0, 0.1) is 0 Å². The number of aliphatic imine (C=N–C) groups is 1. The third kappa shape index (κ3) is 1.82. The van der Waals surface area contributed by atoms with Crippen LogP contribution in [0.4, 0.5) is 0 Å². The van der Waals surface area contributed by atoms with Crippen molar-refractivity contribution >= 4 is 5.84 Å². The molecule has 0 bridgehead atoms. The molecule has 2 N–H and O–H groups in total.